The predicted octanol–water partition coefficient (Wildman–Crippen LogP) is 6.72. The van der Waals surface area contributed by atoms with Gasteiger partial charge in [-0.15, -0.1) is 0 Å². The van der Waals surface area contributed by atoms with Gasteiger partial charge in [0.2, 0.25) is 0 Å². The Labute approximate surface area is 304 Å². The zero-order valence-corrected chi connectivity index (χ0v) is 30.0. The number of aromatic nitrogens is 1. The number of nitriles is 1. The molecule has 3 aromatic rings. The van der Waals surface area contributed by atoms with Crippen molar-refractivity contribution >= 4 is 29.4 Å². The van der Waals surface area contributed by atoms with E-state index in [0.717, 1.165) is 36.2 Å². The van der Waals surface area contributed by atoms with Crippen LogP contribution in [-0.2, 0) is 27.5 Å². The number of hydrogen-bond acceptors (Lipinski definition) is 10. The number of allylic oxidation sites excluding steroid dienone is 2. The monoisotopic (exact) mass is 713 g/mol. The van der Waals surface area contributed by atoms with Gasteiger partial charge in [-0.1, -0.05) is 61.9 Å². The molecule has 0 spiro atoms. The number of halogens is 1. The number of ether oxygens (including phenoxy) is 4. The van der Waals surface area contributed by atoms with E-state index in [9.17, 15) is 14.7 Å². The summed E-state index contributed by atoms with van der Waals surface area (Å²) < 4.78 is 23.5. The number of esters is 1. The third kappa shape index (κ3) is 9.83. The van der Waals surface area contributed by atoms with Gasteiger partial charge in [-0.25, -0.2) is 0 Å². The van der Waals surface area contributed by atoms with E-state index < -0.39 is 5.60 Å². The molecule has 2 atom stereocenters. The average molecular weight is 714 g/mol. The zero-order valence-electron chi connectivity index (χ0n) is 29.3. The van der Waals surface area contributed by atoms with Gasteiger partial charge in [-0.05, 0) is 54.7 Å². The number of rotatable bonds is 16. The molecule has 1 aromatic heterocycles. The summed E-state index contributed by atoms with van der Waals surface area (Å²) in [4.78, 5) is 29.9. The number of carbonyl (C=O) groups is 2. The molecule has 2 aliphatic rings. The van der Waals surface area contributed by atoms with E-state index in [-0.39, 0.29) is 47.7 Å². The average Bonchev–Trinajstić information content (AvgIpc) is 3.49. The van der Waals surface area contributed by atoms with Crippen molar-refractivity contribution in [3.05, 3.63) is 106 Å². The summed E-state index contributed by atoms with van der Waals surface area (Å²) in [6.45, 7) is 9.29. The normalized spacial score (nSPS) is 19.6. The maximum atomic E-state index is 11.9. The Morgan fingerprint density at radius 3 is 2.73 bits per heavy atom. The maximum absolute atomic E-state index is 11.9. The molecule has 51 heavy (non-hydrogen) atoms. The highest BCUT2D eigenvalue weighted by Crippen LogP contribution is 2.42. The van der Waals surface area contributed by atoms with Gasteiger partial charge in [0, 0.05) is 55.7 Å². The molecule has 0 radical (unpaired) electrons. The minimum Gasteiger partial charge on any atom is -0.488 e. The lowest BCUT2D eigenvalue weighted by atomic mass is 9.73. The SMILES string of the molecule is CCOC(=O)CC1(O)CCN(CCCOC2C=CC=C(c3cccc(COc4cc(OCc5cncc(C#N)c5)c(C=O)cc4Cl)c3)C2(C)C)C1. The van der Waals surface area contributed by atoms with Crippen molar-refractivity contribution < 1.29 is 33.6 Å². The van der Waals surface area contributed by atoms with Crippen molar-refractivity contribution in [1.29, 1.82) is 5.26 Å². The fourth-order valence-electron chi connectivity index (χ4n) is 6.50. The third-order valence-corrected chi connectivity index (χ3v) is 9.50. The van der Waals surface area contributed by atoms with Crippen LogP contribution in [0.25, 0.3) is 5.57 Å². The second kappa shape index (κ2) is 17.1. The highest BCUT2D eigenvalue weighted by molar-refractivity contribution is 6.32. The van der Waals surface area contributed by atoms with Crippen molar-refractivity contribution in [2.45, 2.75) is 65.0 Å². The molecule has 11 heteroatoms. The van der Waals surface area contributed by atoms with Gasteiger partial charge in [-0.2, -0.15) is 5.26 Å². The number of hydrogen-bond donors (Lipinski definition) is 1. The summed E-state index contributed by atoms with van der Waals surface area (Å²) in [6.07, 6.45) is 11.2. The maximum Gasteiger partial charge on any atom is 0.308 e. The lowest BCUT2D eigenvalue weighted by Crippen LogP contribution is -2.37. The van der Waals surface area contributed by atoms with Crippen LogP contribution in [-0.4, -0.2) is 71.8 Å². The summed E-state index contributed by atoms with van der Waals surface area (Å²) in [5.74, 6) is 0.323. The molecule has 0 bridgehead atoms. The standard InChI is InChI=1S/C40H44ClN3O7/c1-4-48-38(46)20-40(47)12-14-44(27-40)13-7-15-49-37-11-6-10-33(39(37,2)3)31-9-5-8-28(17-31)25-51-36-19-35(32(24-45)18-34(36)41)50-26-30-16-29(21-42)22-43-23-30/h5-6,8-11,16-19,22-24,37,47H,4,7,12-15,20,25-27H2,1-3H3. The molecular formula is C40H44ClN3O7. The van der Waals surface area contributed by atoms with E-state index in [4.69, 9.17) is 35.8 Å². The largest absolute Gasteiger partial charge is 0.488 e. The molecule has 1 aliphatic heterocycles. The molecular weight excluding hydrogens is 670 g/mol. The molecule has 1 saturated heterocycles. The summed E-state index contributed by atoms with van der Waals surface area (Å²) in [5, 5.41) is 20.3. The molecule has 10 nitrogen and oxygen atoms in total. The second-order valence-corrected chi connectivity index (χ2v) is 13.9. The first-order valence-electron chi connectivity index (χ1n) is 17.1. The van der Waals surface area contributed by atoms with Gasteiger partial charge in [0.25, 0.3) is 0 Å². The molecule has 5 rings (SSSR count). The molecule has 268 valence electrons. The summed E-state index contributed by atoms with van der Waals surface area (Å²) >= 11 is 6.49. The number of likely N-dealkylation sites (tertiary alicyclic amines) is 1. The van der Waals surface area contributed by atoms with Crippen LogP contribution in [0.15, 0.2) is 73.1 Å². The predicted molar refractivity (Wildman–Crippen MR) is 193 cm³/mol. The van der Waals surface area contributed by atoms with Crippen LogP contribution in [0.5, 0.6) is 11.5 Å². The van der Waals surface area contributed by atoms with Crippen LogP contribution >= 0.6 is 11.6 Å². The van der Waals surface area contributed by atoms with E-state index in [1.165, 1.54) is 12.3 Å². The number of benzene rings is 2. The van der Waals surface area contributed by atoms with Gasteiger partial charge in [0.15, 0.2) is 6.29 Å². The van der Waals surface area contributed by atoms with Gasteiger partial charge in [-0.3, -0.25) is 14.6 Å². The third-order valence-electron chi connectivity index (χ3n) is 9.20. The molecule has 2 unspecified atom stereocenters. The van der Waals surface area contributed by atoms with Crippen LogP contribution in [0.2, 0.25) is 5.02 Å². The number of pyridine rings is 1. The van der Waals surface area contributed by atoms with Gasteiger partial charge in [0.1, 0.15) is 30.8 Å². The van der Waals surface area contributed by atoms with E-state index >= 15 is 0 Å². The molecule has 0 amide bonds. The molecule has 0 saturated carbocycles. The summed E-state index contributed by atoms with van der Waals surface area (Å²) in [6, 6.07) is 15.0. The Hall–Kier alpha value is -4.53. The highest BCUT2D eigenvalue weighted by atomic mass is 35.5. The lowest BCUT2D eigenvalue weighted by molar-refractivity contribution is -0.148. The quantitative estimate of drug-likeness (QED) is 0.0970. The van der Waals surface area contributed by atoms with Crippen molar-refractivity contribution in [1.82, 2.24) is 9.88 Å². The fourth-order valence-corrected chi connectivity index (χ4v) is 6.73. The summed E-state index contributed by atoms with van der Waals surface area (Å²) in [7, 11) is 0. The Kier molecular flexibility index (Phi) is 12.7. The van der Waals surface area contributed by atoms with E-state index in [2.05, 4.69) is 54.1 Å². The minimum absolute atomic E-state index is 0.0230. The van der Waals surface area contributed by atoms with Crippen LogP contribution in [0.3, 0.4) is 0 Å². The van der Waals surface area contributed by atoms with E-state index in [1.54, 1.807) is 25.3 Å². The van der Waals surface area contributed by atoms with Gasteiger partial charge >= 0.3 is 5.97 Å². The van der Waals surface area contributed by atoms with Crippen LogP contribution in [0.4, 0.5) is 0 Å². The Morgan fingerprint density at radius 2 is 1.94 bits per heavy atom. The van der Waals surface area contributed by atoms with E-state index in [1.807, 2.05) is 18.2 Å². The number of β-amino-alcohol motifs (C(OH)–C–C–N with tert-alkyl or cyclic N) is 1. The zero-order chi connectivity index (χ0) is 36.4. The van der Waals surface area contributed by atoms with Crippen molar-refractivity contribution in [3.8, 4) is 17.6 Å². The molecule has 2 heterocycles. The van der Waals surface area contributed by atoms with Crippen molar-refractivity contribution in [2.24, 2.45) is 5.41 Å². The van der Waals surface area contributed by atoms with Crippen molar-refractivity contribution in [2.75, 3.05) is 32.8 Å². The van der Waals surface area contributed by atoms with Crippen molar-refractivity contribution in [3.63, 3.8) is 0 Å². The summed E-state index contributed by atoms with van der Waals surface area (Å²) in [5.41, 5.74) is 3.16. The lowest BCUT2D eigenvalue weighted by Gasteiger charge is -2.37. The Balaban J connectivity index is 1.16. The number of carbonyl (C=O) groups excluding carboxylic acids is 2. The van der Waals surface area contributed by atoms with Gasteiger partial charge in [0.05, 0.1) is 40.9 Å². The molecule has 1 aliphatic carbocycles. The van der Waals surface area contributed by atoms with Crippen LogP contribution in [0, 0.1) is 16.7 Å². The fraction of sp³-hybridized carbons (Fsp3) is 0.400. The smallest absolute Gasteiger partial charge is 0.308 e. The van der Waals surface area contributed by atoms with E-state index in [0.29, 0.717) is 55.1 Å². The Morgan fingerprint density at radius 1 is 1.14 bits per heavy atom. The first kappa shape index (κ1) is 37.7. The highest BCUT2D eigenvalue weighted by Gasteiger charge is 2.38. The first-order valence-corrected chi connectivity index (χ1v) is 17.5. The minimum atomic E-state index is -1.03. The first-order chi connectivity index (χ1) is 24.5. The van der Waals surface area contributed by atoms with Crippen LogP contribution < -0.4 is 9.47 Å². The molecule has 1 fully saturated rings. The number of aldehydes is 1. The topological polar surface area (TPSA) is 131 Å². The molecule has 1 N–H and O–H groups in total. The Bertz CT molecular complexity index is 1820. The number of nitrogens with zero attached hydrogens (tertiary/aromatic N) is 3. The molecule has 2 aromatic carbocycles. The van der Waals surface area contributed by atoms with Crippen LogP contribution in [0.1, 0.15) is 72.6 Å². The second-order valence-electron chi connectivity index (χ2n) is 13.5. The van der Waals surface area contributed by atoms with Gasteiger partial charge < -0.3 is 29.0 Å². The number of aliphatic hydroxyl groups is 1.